The number of amides is 1. The molecule has 0 aliphatic heterocycles. The number of hydrogen-bond donors (Lipinski definition) is 2. The number of aryl methyl sites for hydroxylation is 2. The predicted octanol–water partition coefficient (Wildman–Crippen LogP) is 4.40. The van der Waals surface area contributed by atoms with Crippen LogP contribution in [0.5, 0.6) is 5.75 Å². The van der Waals surface area contributed by atoms with Crippen LogP contribution in [-0.2, 0) is 23.1 Å². The highest BCUT2D eigenvalue weighted by Crippen LogP contribution is 2.45. The molecule has 2 aliphatic carbocycles. The number of nitrogens with one attached hydrogen (secondary N) is 1. The van der Waals surface area contributed by atoms with E-state index in [9.17, 15) is 14.7 Å². The van der Waals surface area contributed by atoms with Crippen molar-refractivity contribution < 1.29 is 24.2 Å². The zero-order valence-corrected chi connectivity index (χ0v) is 21.5. The zero-order chi connectivity index (χ0) is 25.7. The third-order valence-corrected chi connectivity index (χ3v) is 7.60. The number of nitrogens with zero attached hydrogens (tertiary/aromatic N) is 4. The molecule has 36 heavy (non-hydrogen) atoms. The van der Waals surface area contributed by atoms with Crippen LogP contribution in [0.1, 0.15) is 76.1 Å². The van der Waals surface area contributed by atoms with Gasteiger partial charge in [0.1, 0.15) is 11.4 Å². The number of carbonyl (C=O) groups excluding carboxylic acids is 1. The Labute approximate surface area is 211 Å². The van der Waals surface area contributed by atoms with E-state index in [1.807, 2.05) is 19.1 Å². The molecule has 2 aromatic heterocycles. The van der Waals surface area contributed by atoms with E-state index in [-0.39, 0.29) is 24.0 Å². The highest BCUT2D eigenvalue weighted by atomic mass is 16.5. The van der Waals surface area contributed by atoms with Gasteiger partial charge in [0.15, 0.2) is 0 Å². The van der Waals surface area contributed by atoms with Crippen LogP contribution in [0.25, 0.3) is 11.4 Å². The van der Waals surface area contributed by atoms with Gasteiger partial charge in [0.25, 0.3) is 0 Å². The highest BCUT2D eigenvalue weighted by molar-refractivity contribution is 5.70. The molecule has 2 fully saturated rings. The Kier molecular flexibility index (Phi) is 8.11. The molecule has 2 N–H and O–H groups in total. The third-order valence-electron chi connectivity index (χ3n) is 7.60. The van der Waals surface area contributed by atoms with Gasteiger partial charge >= 0.3 is 12.1 Å². The van der Waals surface area contributed by atoms with Crippen LogP contribution >= 0.6 is 0 Å². The first-order valence-electron chi connectivity index (χ1n) is 13.0. The lowest BCUT2D eigenvalue weighted by Gasteiger charge is -2.41. The molecule has 10 heteroatoms. The van der Waals surface area contributed by atoms with Gasteiger partial charge in [-0.1, -0.05) is 25.0 Å². The topological polar surface area (TPSA) is 128 Å². The van der Waals surface area contributed by atoms with E-state index in [4.69, 9.17) is 9.47 Å². The number of rotatable bonds is 10. The van der Waals surface area contributed by atoms with Crippen LogP contribution in [-0.4, -0.2) is 49.9 Å². The van der Waals surface area contributed by atoms with Gasteiger partial charge in [-0.25, -0.2) is 14.5 Å². The SMILES string of the molecule is CCCC1(COC(=O)NCc2c(-c3ccc(O[C@H]4CCC[C@H](C(=O)O)C4)c(C)n3)nnn2C)CCC1. The summed E-state index contributed by atoms with van der Waals surface area (Å²) in [4.78, 5) is 28.4. The fourth-order valence-corrected chi connectivity index (χ4v) is 5.33. The van der Waals surface area contributed by atoms with Crippen molar-refractivity contribution in [2.75, 3.05) is 6.61 Å². The first-order valence-corrected chi connectivity index (χ1v) is 13.0. The van der Waals surface area contributed by atoms with Crippen molar-refractivity contribution in [1.82, 2.24) is 25.3 Å². The number of aliphatic carboxylic acids is 1. The molecule has 2 aromatic rings. The lowest BCUT2D eigenvalue weighted by atomic mass is 9.67. The molecule has 1 amide bonds. The van der Waals surface area contributed by atoms with E-state index < -0.39 is 12.1 Å². The van der Waals surface area contributed by atoms with E-state index in [1.165, 1.54) is 6.42 Å². The van der Waals surface area contributed by atoms with Crippen LogP contribution in [0.15, 0.2) is 12.1 Å². The van der Waals surface area contributed by atoms with Crippen molar-refractivity contribution in [3.05, 3.63) is 23.5 Å². The number of alkyl carbamates (subject to hydrolysis) is 1. The molecule has 0 spiro atoms. The van der Waals surface area contributed by atoms with E-state index in [0.29, 0.717) is 42.3 Å². The summed E-state index contributed by atoms with van der Waals surface area (Å²) in [5.41, 5.74) is 2.77. The van der Waals surface area contributed by atoms with Gasteiger partial charge in [0.05, 0.1) is 42.3 Å². The molecule has 2 heterocycles. The van der Waals surface area contributed by atoms with Gasteiger partial charge in [-0.05, 0) is 64.0 Å². The van der Waals surface area contributed by atoms with Crippen molar-refractivity contribution in [2.24, 2.45) is 18.4 Å². The fourth-order valence-electron chi connectivity index (χ4n) is 5.33. The van der Waals surface area contributed by atoms with Crippen molar-refractivity contribution in [3.8, 4) is 17.1 Å². The summed E-state index contributed by atoms with van der Waals surface area (Å²) < 4.78 is 13.3. The Morgan fingerprint density at radius 3 is 2.72 bits per heavy atom. The van der Waals surface area contributed by atoms with E-state index in [1.54, 1.807) is 11.7 Å². The second-order valence-electron chi connectivity index (χ2n) is 10.3. The second kappa shape index (κ2) is 11.3. The molecule has 2 saturated carbocycles. The summed E-state index contributed by atoms with van der Waals surface area (Å²) in [6.45, 7) is 4.69. The molecular weight excluding hydrogens is 462 g/mol. The minimum Gasteiger partial charge on any atom is -0.489 e. The molecule has 0 bridgehead atoms. The summed E-state index contributed by atoms with van der Waals surface area (Å²) in [5, 5.41) is 20.5. The largest absolute Gasteiger partial charge is 0.489 e. The number of carboxylic acid groups (broad SMARTS) is 1. The Morgan fingerprint density at radius 2 is 2.06 bits per heavy atom. The monoisotopic (exact) mass is 499 g/mol. The second-order valence-corrected chi connectivity index (χ2v) is 10.3. The van der Waals surface area contributed by atoms with Gasteiger partial charge in [0, 0.05) is 12.5 Å². The van der Waals surface area contributed by atoms with Crippen LogP contribution in [0.2, 0.25) is 0 Å². The van der Waals surface area contributed by atoms with Gasteiger partial charge in [-0.3, -0.25) is 4.79 Å². The maximum Gasteiger partial charge on any atom is 0.407 e. The molecular formula is C26H37N5O5. The van der Waals surface area contributed by atoms with Crippen LogP contribution in [0.3, 0.4) is 0 Å². The van der Waals surface area contributed by atoms with Crippen LogP contribution < -0.4 is 10.1 Å². The minimum atomic E-state index is -0.760. The average Bonchev–Trinajstić information content (AvgIpc) is 3.21. The minimum absolute atomic E-state index is 0.134. The Morgan fingerprint density at radius 1 is 1.25 bits per heavy atom. The Balaban J connectivity index is 1.37. The third kappa shape index (κ3) is 5.96. The van der Waals surface area contributed by atoms with E-state index >= 15 is 0 Å². The van der Waals surface area contributed by atoms with Gasteiger partial charge < -0.3 is 19.9 Å². The molecule has 10 nitrogen and oxygen atoms in total. The number of carbonyl (C=O) groups is 2. The van der Waals surface area contributed by atoms with Crippen molar-refractivity contribution >= 4 is 12.1 Å². The quantitative estimate of drug-likeness (QED) is 0.492. The van der Waals surface area contributed by atoms with Crippen LogP contribution in [0.4, 0.5) is 4.79 Å². The maximum atomic E-state index is 12.4. The summed E-state index contributed by atoms with van der Waals surface area (Å²) in [5.74, 6) is -0.480. The number of pyridine rings is 1. The normalized spacial score (nSPS) is 20.9. The Bertz CT molecular complexity index is 1080. The molecule has 0 radical (unpaired) electrons. The molecule has 196 valence electrons. The van der Waals surface area contributed by atoms with Gasteiger partial charge in [-0.2, -0.15) is 0 Å². The van der Waals surface area contributed by atoms with E-state index in [2.05, 4.69) is 27.5 Å². The van der Waals surface area contributed by atoms with E-state index in [0.717, 1.165) is 44.2 Å². The summed E-state index contributed by atoms with van der Waals surface area (Å²) in [6, 6.07) is 3.66. The number of aromatic nitrogens is 4. The maximum absolute atomic E-state index is 12.4. The predicted molar refractivity (Wildman–Crippen MR) is 132 cm³/mol. The standard InChI is InChI=1S/C26H37N5O5/c1-4-11-26(12-6-13-26)16-35-25(34)27-15-21-23(29-30-31(21)3)20-9-10-22(17(2)28-20)36-19-8-5-7-18(14-19)24(32)33/h9-10,18-19H,4-8,11-16H2,1-3H3,(H,27,34)(H,32,33)/t18-,19-/m0/s1. The smallest absolute Gasteiger partial charge is 0.407 e. The first kappa shape index (κ1) is 25.9. The Hall–Kier alpha value is -3.17. The lowest BCUT2D eigenvalue weighted by Crippen LogP contribution is -2.37. The first-order chi connectivity index (χ1) is 17.3. The van der Waals surface area contributed by atoms with Crippen molar-refractivity contribution in [3.63, 3.8) is 0 Å². The molecule has 0 unspecified atom stereocenters. The number of ether oxygens (including phenoxy) is 2. The summed E-state index contributed by atoms with van der Waals surface area (Å²) >= 11 is 0. The van der Waals surface area contributed by atoms with Gasteiger partial charge in [-0.15, -0.1) is 5.10 Å². The summed E-state index contributed by atoms with van der Waals surface area (Å²) in [7, 11) is 1.77. The zero-order valence-electron chi connectivity index (χ0n) is 21.5. The highest BCUT2D eigenvalue weighted by Gasteiger charge is 2.37. The molecule has 0 aromatic carbocycles. The van der Waals surface area contributed by atoms with Crippen molar-refractivity contribution in [1.29, 1.82) is 0 Å². The van der Waals surface area contributed by atoms with Crippen LogP contribution in [0, 0.1) is 18.3 Å². The molecule has 4 rings (SSSR count). The lowest BCUT2D eigenvalue weighted by molar-refractivity contribution is -0.143. The average molecular weight is 500 g/mol. The molecule has 2 aliphatic rings. The fraction of sp³-hybridized carbons (Fsp3) is 0.654. The number of hydrogen-bond acceptors (Lipinski definition) is 7. The van der Waals surface area contributed by atoms with Gasteiger partial charge in [0.2, 0.25) is 0 Å². The molecule has 2 atom stereocenters. The summed E-state index contributed by atoms with van der Waals surface area (Å²) in [6.07, 6.45) is 7.92. The number of carboxylic acids is 1. The molecule has 0 saturated heterocycles. The van der Waals surface area contributed by atoms with Crippen molar-refractivity contribution in [2.45, 2.75) is 84.3 Å².